The maximum absolute atomic E-state index is 11.7. The molecule has 1 saturated carbocycles. The van der Waals surface area contributed by atoms with E-state index < -0.39 is 0 Å². The molecule has 1 saturated heterocycles. The van der Waals surface area contributed by atoms with Crippen LogP contribution >= 0.6 is 0 Å². The topological polar surface area (TPSA) is 76.0 Å². The van der Waals surface area contributed by atoms with Gasteiger partial charge in [-0.05, 0) is 25.3 Å². The van der Waals surface area contributed by atoms with E-state index in [4.69, 9.17) is 0 Å². The smallest absolute Gasteiger partial charge is 0.243 e. The highest BCUT2D eigenvalue weighted by Gasteiger charge is 2.26. The summed E-state index contributed by atoms with van der Waals surface area (Å²) in [5.74, 6) is -0.405. The van der Waals surface area contributed by atoms with E-state index in [2.05, 4.69) is 20.4 Å². The predicted octanol–water partition coefficient (Wildman–Crippen LogP) is 1.28. The van der Waals surface area contributed by atoms with Gasteiger partial charge in [-0.3, -0.25) is 19.6 Å². The summed E-state index contributed by atoms with van der Waals surface area (Å²) in [7, 11) is 0. The second-order valence-corrected chi connectivity index (χ2v) is 5.96. The quantitative estimate of drug-likeness (QED) is 0.819. The number of hydrogen-bond acceptors (Lipinski definition) is 4. The van der Waals surface area contributed by atoms with Crippen LogP contribution in [-0.4, -0.2) is 27.6 Å². The van der Waals surface area contributed by atoms with Crippen molar-refractivity contribution in [1.29, 1.82) is 0 Å². The van der Waals surface area contributed by atoms with E-state index in [0.29, 0.717) is 25.4 Å². The zero-order valence-electron chi connectivity index (χ0n) is 12.2. The van der Waals surface area contributed by atoms with Crippen molar-refractivity contribution >= 4 is 11.8 Å². The van der Waals surface area contributed by atoms with Crippen molar-refractivity contribution in [1.82, 2.24) is 20.4 Å². The number of carbonyl (C=O) groups is 2. The maximum atomic E-state index is 11.7. The fourth-order valence-corrected chi connectivity index (χ4v) is 3.14. The molecule has 2 aliphatic rings. The third-order valence-corrected chi connectivity index (χ3v) is 4.38. The molecule has 2 N–H and O–H groups in total. The molecule has 1 aliphatic carbocycles. The lowest BCUT2D eigenvalue weighted by atomic mass is 9.96. The zero-order valence-corrected chi connectivity index (χ0v) is 12.2. The highest BCUT2D eigenvalue weighted by atomic mass is 16.2. The minimum atomic E-state index is -0.289. The third kappa shape index (κ3) is 3.50. The molecule has 1 aromatic rings. The molecule has 1 unspecified atom stereocenters. The molecule has 0 aromatic carbocycles. The number of amides is 2. The first-order valence-corrected chi connectivity index (χ1v) is 7.83. The van der Waals surface area contributed by atoms with Crippen LogP contribution in [0.5, 0.6) is 0 Å². The van der Waals surface area contributed by atoms with Gasteiger partial charge >= 0.3 is 0 Å². The number of hydrogen-bond donors (Lipinski definition) is 2. The maximum Gasteiger partial charge on any atom is 0.243 e. The second-order valence-electron chi connectivity index (χ2n) is 5.96. The van der Waals surface area contributed by atoms with Crippen molar-refractivity contribution < 1.29 is 9.59 Å². The number of imide groups is 1. The van der Waals surface area contributed by atoms with Crippen molar-refractivity contribution in [3.63, 3.8) is 0 Å². The van der Waals surface area contributed by atoms with Gasteiger partial charge in [-0.2, -0.15) is 5.10 Å². The Balaban J connectivity index is 1.52. The van der Waals surface area contributed by atoms with E-state index in [1.807, 2.05) is 12.3 Å². The fourth-order valence-electron chi connectivity index (χ4n) is 3.14. The summed E-state index contributed by atoms with van der Waals surface area (Å²) in [6, 6.07) is 2.25. The number of piperidine rings is 1. The van der Waals surface area contributed by atoms with Crippen LogP contribution in [0, 0.1) is 0 Å². The number of carbonyl (C=O) groups excluding carboxylic acids is 2. The number of nitrogens with zero attached hydrogens (tertiary/aromatic N) is 2. The number of nitrogens with one attached hydrogen (secondary N) is 2. The van der Waals surface area contributed by atoms with Crippen LogP contribution in [0.3, 0.4) is 0 Å². The van der Waals surface area contributed by atoms with Gasteiger partial charge in [0.25, 0.3) is 0 Å². The lowest BCUT2D eigenvalue weighted by Crippen LogP contribution is -2.50. The summed E-state index contributed by atoms with van der Waals surface area (Å²) >= 11 is 0. The highest BCUT2D eigenvalue weighted by molar-refractivity contribution is 6.00. The van der Waals surface area contributed by atoms with Gasteiger partial charge < -0.3 is 5.32 Å². The summed E-state index contributed by atoms with van der Waals surface area (Å²) in [6.45, 7) is 0.562. The molecular formula is C15H22N4O2. The standard InChI is InChI=1S/C15H22N4O2/c20-14-7-6-13(15(21)17-14)16-10-11-8-9-19(18-11)12-4-2-1-3-5-12/h8-9,12-13,16H,1-7,10H2,(H,17,20,21). The first-order chi connectivity index (χ1) is 10.2. The molecular weight excluding hydrogens is 268 g/mol. The van der Waals surface area contributed by atoms with Crippen LogP contribution < -0.4 is 10.6 Å². The Bertz CT molecular complexity index is 519. The van der Waals surface area contributed by atoms with Crippen molar-refractivity contribution in [3.05, 3.63) is 18.0 Å². The second kappa shape index (κ2) is 6.39. The van der Waals surface area contributed by atoms with E-state index in [9.17, 15) is 9.59 Å². The molecule has 1 aromatic heterocycles. The average molecular weight is 290 g/mol. The van der Waals surface area contributed by atoms with Crippen molar-refractivity contribution in [2.75, 3.05) is 0 Å². The van der Waals surface area contributed by atoms with Gasteiger partial charge in [0.05, 0.1) is 17.8 Å². The summed E-state index contributed by atoms with van der Waals surface area (Å²) in [6.07, 6.45) is 9.33. The minimum absolute atomic E-state index is 0.181. The Labute approximate surface area is 124 Å². The molecule has 2 fully saturated rings. The van der Waals surface area contributed by atoms with Crippen LogP contribution in [0.25, 0.3) is 0 Å². The Morgan fingerprint density at radius 3 is 2.81 bits per heavy atom. The van der Waals surface area contributed by atoms with E-state index in [-0.39, 0.29) is 17.9 Å². The van der Waals surface area contributed by atoms with Gasteiger partial charge in [0, 0.05) is 19.2 Å². The van der Waals surface area contributed by atoms with Crippen molar-refractivity contribution in [2.24, 2.45) is 0 Å². The van der Waals surface area contributed by atoms with Crippen molar-refractivity contribution in [3.8, 4) is 0 Å². The van der Waals surface area contributed by atoms with Crippen LogP contribution in [0.1, 0.15) is 56.7 Å². The van der Waals surface area contributed by atoms with Gasteiger partial charge in [-0.15, -0.1) is 0 Å². The summed E-state index contributed by atoms with van der Waals surface area (Å²) in [5.41, 5.74) is 0.949. The summed E-state index contributed by atoms with van der Waals surface area (Å²) in [5, 5.41) is 10.2. The van der Waals surface area contributed by atoms with Gasteiger partial charge in [0.1, 0.15) is 0 Å². The van der Waals surface area contributed by atoms with E-state index in [0.717, 1.165) is 5.69 Å². The number of aromatic nitrogens is 2. The lowest BCUT2D eigenvalue weighted by molar-refractivity contribution is -0.134. The zero-order chi connectivity index (χ0) is 14.7. The first kappa shape index (κ1) is 14.3. The molecule has 2 amide bonds. The Hall–Kier alpha value is -1.69. The molecule has 21 heavy (non-hydrogen) atoms. The highest BCUT2D eigenvalue weighted by Crippen LogP contribution is 2.27. The summed E-state index contributed by atoms with van der Waals surface area (Å²) in [4.78, 5) is 22.8. The van der Waals surface area contributed by atoms with Gasteiger partial charge in [-0.25, -0.2) is 0 Å². The van der Waals surface area contributed by atoms with Crippen LogP contribution in [-0.2, 0) is 16.1 Å². The molecule has 3 rings (SSSR count). The molecule has 2 heterocycles. The molecule has 114 valence electrons. The average Bonchev–Trinajstić information content (AvgIpc) is 2.96. The molecule has 0 bridgehead atoms. The van der Waals surface area contributed by atoms with Crippen molar-refractivity contribution in [2.45, 2.75) is 63.6 Å². The molecule has 0 radical (unpaired) electrons. The first-order valence-electron chi connectivity index (χ1n) is 7.83. The molecule has 1 atom stereocenters. The lowest BCUT2D eigenvalue weighted by Gasteiger charge is -2.22. The van der Waals surface area contributed by atoms with E-state index in [1.54, 1.807) is 0 Å². The monoisotopic (exact) mass is 290 g/mol. The van der Waals surface area contributed by atoms with Crippen LogP contribution in [0.15, 0.2) is 12.3 Å². The predicted molar refractivity (Wildman–Crippen MR) is 77.4 cm³/mol. The SMILES string of the molecule is O=C1CCC(NCc2ccn(C3CCCCC3)n2)C(=O)N1. The Morgan fingerprint density at radius 2 is 2.05 bits per heavy atom. The minimum Gasteiger partial charge on any atom is -0.300 e. The van der Waals surface area contributed by atoms with Gasteiger partial charge in [0.2, 0.25) is 11.8 Å². The van der Waals surface area contributed by atoms with Crippen LogP contribution in [0.4, 0.5) is 0 Å². The normalized spacial score (nSPS) is 24.1. The number of rotatable bonds is 4. The largest absolute Gasteiger partial charge is 0.300 e. The van der Waals surface area contributed by atoms with Gasteiger partial charge in [-0.1, -0.05) is 19.3 Å². The fraction of sp³-hybridized carbons (Fsp3) is 0.667. The van der Waals surface area contributed by atoms with Gasteiger partial charge in [0.15, 0.2) is 0 Å². The Morgan fingerprint density at radius 1 is 1.24 bits per heavy atom. The molecule has 1 aliphatic heterocycles. The molecule has 6 heteroatoms. The van der Waals surface area contributed by atoms with Crippen LogP contribution in [0.2, 0.25) is 0 Å². The molecule has 6 nitrogen and oxygen atoms in total. The Kier molecular flexibility index (Phi) is 4.34. The summed E-state index contributed by atoms with van der Waals surface area (Å²) < 4.78 is 2.07. The third-order valence-electron chi connectivity index (χ3n) is 4.38. The van der Waals surface area contributed by atoms with E-state index in [1.165, 1.54) is 32.1 Å². The molecule has 0 spiro atoms. The van der Waals surface area contributed by atoms with E-state index >= 15 is 0 Å².